The monoisotopic (exact) mass is 370 g/mol. The predicted octanol–water partition coefficient (Wildman–Crippen LogP) is -1.45. The molecule has 0 aromatic heterocycles. The fourth-order valence-electron chi connectivity index (χ4n) is 2.84. The highest BCUT2D eigenvalue weighted by Gasteiger charge is 2.36. The van der Waals surface area contributed by atoms with Crippen LogP contribution in [-0.4, -0.2) is 77.9 Å². The standard InChI is InChI=1S/C17H30N4O5/c1-5-6-12(20-16(25)13-7-11(22)9-21(13)4)15(24)17(26)18-8-14(23)19-10(2)3/h10,12-13,15,24H,5-9H2,1-4H3,(H,18,26)(H,19,23)(H,20,25)/t12?,13-,15?/m0/s1. The molecule has 0 aliphatic carbocycles. The Morgan fingerprint density at radius 1 is 1.27 bits per heavy atom. The van der Waals surface area contributed by atoms with Crippen LogP contribution >= 0.6 is 0 Å². The lowest BCUT2D eigenvalue weighted by Gasteiger charge is -2.26. The summed E-state index contributed by atoms with van der Waals surface area (Å²) in [6.07, 6.45) is -0.322. The van der Waals surface area contributed by atoms with Gasteiger partial charge in [0.15, 0.2) is 6.10 Å². The van der Waals surface area contributed by atoms with Crippen molar-refractivity contribution in [1.29, 1.82) is 0 Å². The second-order valence-corrected chi connectivity index (χ2v) is 6.96. The van der Waals surface area contributed by atoms with Crippen molar-refractivity contribution in [3.63, 3.8) is 0 Å². The van der Waals surface area contributed by atoms with E-state index in [1.165, 1.54) is 0 Å². The number of likely N-dealkylation sites (tertiary alicyclic amines) is 1. The molecule has 1 aliphatic heterocycles. The van der Waals surface area contributed by atoms with Crippen LogP contribution in [0, 0.1) is 0 Å². The van der Waals surface area contributed by atoms with E-state index in [4.69, 9.17) is 0 Å². The number of aliphatic hydroxyl groups is 1. The topological polar surface area (TPSA) is 128 Å². The first-order valence-electron chi connectivity index (χ1n) is 8.93. The fraction of sp³-hybridized carbons (Fsp3) is 0.765. The zero-order chi connectivity index (χ0) is 19.9. The largest absolute Gasteiger partial charge is 0.381 e. The third kappa shape index (κ3) is 6.72. The Bertz CT molecular complexity index is 537. The first-order valence-corrected chi connectivity index (χ1v) is 8.93. The smallest absolute Gasteiger partial charge is 0.251 e. The molecule has 1 fully saturated rings. The van der Waals surface area contributed by atoms with Crippen molar-refractivity contribution in [3.05, 3.63) is 0 Å². The van der Waals surface area contributed by atoms with Crippen LogP contribution in [0.15, 0.2) is 0 Å². The first kappa shape index (κ1) is 22.0. The molecule has 9 heteroatoms. The van der Waals surface area contributed by atoms with E-state index in [-0.39, 0.29) is 43.1 Å². The number of nitrogens with zero attached hydrogens (tertiary/aromatic N) is 1. The SMILES string of the molecule is CCCC(NC(=O)[C@@H]1CC(=O)CN1C)C(O)C(=O)NCC(=O)NC(C)C. The number of carbonyl (C=O) groups excluding carboxylic acids is 4. The molecule has 26 heavy (non-hydrogen) atoms. The van der Waals surface area contributed by atoms with Crippen molar-refractivity contribution in [2.75, 3.05) is 20.1 Å². The molecule has 3 amide bonds. The van der Waals surface area contributed by atoms with Gasteiger partial charge in [0.2, 0.25) is 11.8 Å². The van der Waals surface area contributed by atoms with Crippen LogP contribution in [0.4, 0.5) is 0 Å². The van der Waals surface area contributed by atoms with Crippen molar-refractivity contribution in [3.8, 4) is 0 Å². The second-order valence-electron chi connectivity index (χ2n) is 6.96. The van der Waals surface area contributed by atoms with Crippen LogP contribution in [-0.2, 0) is 19.2 Å². The normalized spacial score (nSPS) is 19.9. The zero-order valence-corrected chi connectivity index (χ0v) is 15.9. The van der Waals surface area contributed by atoms with Gasteiger partial charge in [-0.1, -0.05) is 13.3 Å². The van der Waals surface area contributed by atoms with E-state index < -0.39 is 24.1 Å². The molecule has 3 atom stereocenters. The van der Waals surface area contributed by atoms with Gasteiger partial charge in [-0.25, -0.2) is 0 Å². The summed E-state index contributed by atoms with van der Waals surface area (Å²) in [7, 11) is 1.68. The lowest BCUT2D eigenvalue weighted by atomic mass is 10.0. The van der Waals surface area contributed by atoms with Gasteiger partial charge in [-0.05, 0) is 27.3 Å². The van der Waals surface area contributed by atoms with E-state index in [0.29, 0.717) is 12.8 Å². The van der Waals surface area contributed by atoms with Gasteiger partial charge in [-0.3, -0.25) is 24.1 Å². The molecule has 0 saturated carbocycles. The summed E-state index contributed by atoms with van der Waals surface area (Å²) in [5.41, 5.74) is 0. The van der Waals surface area contributed by atoms with Crippen LogP contribution in [0.3, 0.4) is 0 Å². The molecule has 148 valence electrons. The lowest BCUT2D eigenvalue weighted by molar-refractivity contribution is -0.135. The third-order valence-corrected chi connectivity index (χ3v) is 4.13. The molecule has 1 rings (SSSR count). The summed E-state index contributed by atoms with van der Waals surface area (Å²) in [6.45, 7) is 5.43. The number of hydrogen-bond acceptors (Lipinski definition) is 6. The average molecular weight is 370 g/mol. The Labute approximate surface area is 153 Å². The first-order chi connectivity index (χ1) is 12.1. The quantitative estimate of drug-likeness (QED) is 0.393. The van der Waals surface area contributed by atoms with Crippen LogP contribution in [0.25, 0.3) is 0 Å². The number of rotatable bonds is 9. The van der Waals surface area contributed by atoms with Gasteiger partial charge in [-0.2, -0.15) is 0 Å². The van der Waals surface area contributed by atoms with E-state index in [0.717, 1.165) is 0 Å². The maximum Gasteiger partial charge on any atom is 0.251 e. The Morgan fingerprint density at radius 3 is 2.42 bits per heavy atom. The second kappa shape index (κ2) is 10.2. The predicted molar refractivity (Wildman–Crippen MR) is 95.2 cm³/mol. The van der Waals surface area contributed by atoms with Crippen LogP contribution in [0.1, 0.15) is 40.0 Å². The number of carbonyl (C=O) groups is 4. The minimum Gasteiger partial charge on any atom is -0.381 e. The van der Waals surface area contributed by atoms with Gasteiger partial charge < -0.3 is 21.1 Å². The van der Waals surface area contributed by atoms with Gasteiger partial charge in [0.1, 0.15) is 5.78 Å². The van der Waals surface area contributed by atoms with Gasteiger partial charge in [0.25, 0.3) is 5.91 Å². The van der Waals surface area contributed by atoms with E-state index in [1.807, 2.05) is 6.92 Å². The highest BCUT2D eigenvalue weighted by Crippen LogP contribution is 2.13. The van der Waals surface area contributed by atoms with Crippen molar-refractivity contribution in [1.82, 2.24) is 20.9 Å². The number of nitrogens with one attached hydrogen (secondary N) is 3. The van der Waals surface area contributed by atoms with E-state index in [9.17, 15) is 24.3 Å². The zero-order valence-electron chi connectivity index (χ0n) is 15.9. The number of ketones is 1. The molecule has 0 bridgehead atoms. The molecule has 4 N–H and O–H groups in total. The molecule has 0 aromatic rings. The number of aliphatic hydroxyl groups excluding tert-OH is 1. The summed E-state index contributed by atoms with van der Waals surface area (Å²) in [4.78, 5) is 49.2. The minimum absolute atomic E-state index is 0.0193. The van der Waals surface area contributed by atoms with E-state index in [2.05, 4.69) is 16.0 Å². The van der Waals surface area contributed by atoms with E-state index >= 15 is 0 Å². The van der Waals surface area contributed by atoms with Gasteiger partial charge in [-0.15, -0.1) is 0 Å². The summed E-state index contributed by atoms with van der Waals surface area (Å²) in [5, 5.41) is 17.9. The van der Waals surface area contributed by atoms with Gasteiger partial charge in [0.05, 0.1) is 25.2 Å². The molecule has 0 aromatic carbocycles. The molecule has 1 heterocycles. The van der Waals surface area contributed by atoms with Crippen molar-refractivity contribution >= 4 is 23.5 Å². The molecule has 2 unspecified atom stereocenters. The van der Waals surface area contributed by atoms with Crippen LogP contribution in [0.5, 0.6) is 0 Å². The van der Waals surface area contributed by atoms with Crippen LogP contribution < -0.4 is 16.0 Å². The summed E-state index contributed by atoms with van der Waals surface area (Å²) in [5.74, 6) is -1.49. The van der Waals surface area contributed by atoms with Crippen molar-refractivity contribution < 1.29 is 24.3 Å². The lowest BCUT2D eigenvalue weighted by Crippen LogP contribution is -2.54. The molecule has 1 saturated heterocycles. The van der Waals surface area contributed by atoms with Gasteiger partial charge in [0, 0.05) is 12.5 Å². The Balaban J connectivity index is 2.61. The molecular formula is C17H30N4O5. The van der Waals surface area contributed by atoms with Crippen molar-refractivity contribution in [2.24, 2.45) is 0 Å². The summed E-state index contributed by atoms with van der Waals surface area (Å²) < 4.78 is 0. The maximum atomic E-state index is 12.4. The highest BCUT2D eigenvalue weighted by molar-refractivity contribution is 5.94. The van der Waals surface area contributed by atoms with Crippen molar-refractivity contribution in [2.45, 2.75) is 64.3 Å². The minimum atomic E-state index is -1.48. The number of amides is 3. The molecule has 1 aliphatic rings. The number of hydrogen-bond donors (Lipinski definition) is 4. The highest BCUT2D eigenvalue weighted by atomic mass is 16.3. The van der Waals surface area contributed by atoms with Gasteiger partial charge >= 0.3 is 0 Å². The van der Waals surface area contributed by atoms with Crippen LogP contribution in [0.2, 0.25) is 0 Å². The maximum absolute atomic E-state index is 12.4. The Kier molecular flexibility index (Phi) is 8.67. The fourth-order valence-corrected chi connectivity index (χ4v) is 2.84. The summed E-state index contributed by atoms with van der Waals surface area (Å²) in [6, 6.07) is -1.43. The number of Topliss-reactive ketones (excluding diaryl/α,β-unsaturated/α-hetero) is 1. The molecular weight excluding hydrogens is 340 g/mol. The molecule has 9 nitrogen and oxygen atoms in total. The summed E-state index contributed by atoms with van der Waals surface area (Å²) >= 11 is 0. The Hall–Kier alpha value is -2.00. The number of likely N-dealkylation sites (N-methyl/N-ethyl adjacent to an activating group) is 1. The third-order valence-electron chi connectivity index (χ3n) is 4.13. The Morgan fingerprint density at radius 2 is 1.92 bits per heavy atom. The molecule has 0 radical (unpaired) electrons. The average Bonchev–Trinajstić information content (AvgIpc) is 2.89. The molecule has 0 spiro atoms. The van der Waals surface area contributed by atoms with E-state index in [1.54, 1.807) is 25.8 Å².